The van der Waals surface area contributed by atoms with Gasteiger partial charge in [-0.15, -0.1) is 0 Å². The number of halogens is 1. The van der Waals surface area contributed by atoms with Crippen LogP contribution in [0.5, 0.6) is 0 Å². The summed E-state index contributed by atoms with van der Waals surface area (Å²) in [7, 11) is 4.09. The van der Waals surface area contributed by atoms with Gasteiger partial charge < -0.3 is 10.2 Å². The van der Waals surface area contributed by atoms with Crippen LogP contribution in [0.3, 0.4) is 0 Å². The zero-order valence-corrected chi connectivity index (χ0v) is 10.9. The van der Waals surface area contributed by atoms with Crippen LogP contribution in [0, 0.1) is 5.82 Å². The molecule has 1 N–H and O–H groups in total. The summed E-state index contributed by atoms with van der Waals surface area (Å²) in [5.74, 6) is -0.683. The second kappa shape index (κ2) is 7.76. The maximum absolute atomic E-state index is 12.6. The molecule has 100 valence electrons. The molecule has 0 bridgehead atoms. The number of pyridine rings is 1. The summed E-state index contributed by atoms with van der Waals surface area (Å²) in [6.07, 6.45) is 4.19. The van der Waals surface area contributed by atoms with E-state index in [9.17, 15) is 9.18 Å². The highest BCUT2D eigenvalue weighted by molar-refractivity contribution is 5.92. The van der Waals surface area contributed by atoms with Crippen molar-refractivity contribution in [1.82, 2.24) is 15.2 Å². The van der Waals surface area contributed by atoms with Crippen LogP contribution in [-0.4, -0.2) is 43.0 Å². The molecule has 0 radical (unpaired) electrons. The summed E-state index contributed by atoms with van der Waals surface area (Å²) < 4.78 is 12.6. The van der Waals surface area contributed by atoms with Gasteiger partial charge in [0.2, 0.25) is 0 Å². The van der Waals surface area contributed by atoms with Gasteiger partial charge in [-0.05, 0) is 45.6 Å². The number of nitrogens with one attached hydrogen (secondary N) is 1. The summed E-state index contributed by atoms with van der Waals surface area (Å²) in [5, 5.41) is 2.77. The molecule has 0 aliphatic heterocycles. The van der Waals surface area contributed by atoms with Crippen molar-refractivity contribution in [3.8, 4) is 0 Å². The third kappa shape index (κ3) is 5.72. The number of unbranched alkanes of at least 4 members (excludes halogenated alkanes) is 2. The van der Waals surface area contributed by atoms with Crippen molar-refractivity contribution < 1.29 is 9.18 Å². The number of aromatic nitrogens is 1. The van der Waals surface area contributed by atoms with Crippen molar-refractivity contribution in [3.63, 3.8) is 0 Å². The fraction of sp³-hybridized carbons (Fsp3) is 0.538. The standard InChI is InChI=1S/C13H20FN3O/c1-17(2)9-5-3-4-8-15-13(18)12-7-6-11(14)10-16-12/h6-7,10H,3-5,8-9H2,1-2H3,(H,15,18)/i14-1. The molecule has 0 aromatic carbocycles. The second-order valence-electron chi connectivity index (χ2n) is 4.48. The Morgan fingerprint density at radius 2 is 2.11 bits per heavy atom. The minimum absolute atomic E-state index is 0.248. The van der Waals surface area contributed by atoms with Crippen molar-refractivity contribution in [2.45, 2.75) is 19.3 Å². The van der Waals surface area contributed by atoms with Gasteiger partial charge in [-0.2, -0.15) is 0 Å². The predicted octanol–water partition coefficient (Wildman–Crippen LogP) is 1.68. The van der Waals surface area contributed by atoms with Crippen LogP contribution < -0.4 is 5.32 Å². The monoisotopic (exact) mass is 252 g/mol. The van der Waals surface area contributed by atoms with Crippen LogP contribution in [-0.2, 0) is 0 Å². The summed E-state index contributed by atoms with van der Waals surface area (Å²) in [4.78, 5) is 17.5. The predicted molar refractivity (Wildman–Crippen MR) is 68.9 cm³/mol. The van der Waals surface area contributed by atoms with Gasteiger partial charge in [0.1, 0.15) is 11.5 Å². The Morgan fingerprint density at radius 3 is 2.72 bits per heavy atom. The van der Waals surface area contributed by atoms with Crippen molar-refractivity contribution in [2.75, 3.05) is 27.2 Å². The van der Waals surface area contributed by atoms with Gasteiger partial charge in [0.05, 0.1) is 6.20 Å². The summed E-state index contributed by atoms with van der Waals surface area (Å²) in [6.45, 7) is 1.69. The number of carbonyl (C=O) groups is 1. The van der Waals surface area contributed by atoms with Crippen LogP contribution in [0.15, 0.2) is 18.3 Å². The van der Waals surface area contributed by atoms with Gasteiger partial charge in [0.25, 0.3) is 5.91 Å². The Balaban J connectivity index is 2.16. The highest BCUT2D eigenvalue weighted by atomic mass is 18.2. The fourth-order valence-corrected chi connectivity index (χ4v) is 1.53. The van der Waals surface area contributed by atoms with E-state index in [4.69, 9.17) is 0 Å². The molecule has 5 heteroatoms. The third-order valence-electron chi connectivity index (χ3n) is 2.53. The molecule has 1 rings (SSSR count). The molecular formula is C13H20FN3O. The zero-order chi connectivity index (χ0) is 13.4. The number of amides is 1. The number of carbonyl (C=O) groups excluding carboxylic acids is 1. The maximum Gasteiger partial charge on any atom is 0.269 e. The van der Waals surface area contributed by atoms with E-state index in [1.165, 1.54) is 12.1 Å². The lowest BCUT2D eigenvalue weighted by atomic mass is 10.2. The number of hydrogen-bond acceptors (Lipinski definition) is 3. The molecule has 1 aromatic heterocycles. The van der Waals surface area contributed by atoms with E-state index < -0.39 is 5.82 Å². The van der Waals surface area contributed by atoms with Crippen LogP contribution >= 0.6 is 0 Å². The maximum atomic E-state index is 12.6. The summed E-state index contributed by atoms with van der Waals surface area (Å²) in [5.41, 5.74) is 0.254. The average Bonchev–Trinajstić information content (AvgIpc) is 2.34. The average molecular weight is 252 g/mol. The van der Waals surface area contributed by atoms with E-state index >= 15 is 0 Å². The van der Waals surface area contributed by atoms with Crippen molar-refractivity contribution in [2.24, 2.45) is 0 Å². The van der Waals surface area contributed by atoms with E-state index in [1.54, 1.807) is 0 Å². The second-order valence-corrected chi connectivity index (χ2v) is 4.48. The first-order chi connectivity index (χ1) is 8.59. The van der Waals surface area contributed by atoms with E-state index in [0.717, 1.165) is 32.0 Å². The van der Waals surface area contributed by atoms with Gasteiger partial charge in [-0.1, -0.05) is 6.42 Å². The van der Waals surface area contributed by atoms with Crippen LogP contribution in [0.1, 0.15) is 29.8 Å². The molecule has 0 aliphatic rings. The summed E-state index contributed by atoms with van der Waals surface area (Å²) >= 11 is 0. The molecule has 1 heterocycles. The van der Waals surface area contributed by atoms with Gasteiger partial charge >= 0.3 is 0 Å². The van der Waals surface area contributed by atoms with Crippen molar-refractivity contribution in [3.05, 3.63) is 29.8 Å². The first-order valence-corrected chi connectivity index (χ1v) is 6.14. The summed E-state index contributed by atoms with van der Waals surface area (Å²) in [6, 6.07) is 2.62. The third-order valence-corrected chi connectivity index (χ3v) is 2.53. The lowest BCUT2D eigenvalue weighted by molar-refractivity contribution is 0.0948. The Morgan fingerprint density at radius 1 is 1.33 bits per heavy atom. The number of hydrogen-bond donors (Lipinski definition) is 1. The first kappa shape index (κ1) is 14.6. The molecule has 4 nitrogen and oxygen atoms in total. The van der Waals surface area contributed by atoms with Crippen LogP contribution in [0.4, 0.5) is 4.39 Å². The Kier molecular flexibility index (Phi) is 6.28. The normalized spacial score (nSPS) is 10.7. The van der Waals surface area contributed by atoms with Gasteiger partial charge in [-0.3, -0.25) is 4.79 Å². The van der Waals surface area contributed by atoms with E-state index in [0.29, 0.717) is 6.54 Å². The number of nitrogens with zero attached hydrogens (tertiary/aromatic N) is 2. The SMILES string of the molecule is CN(C)CCCCCNC(=O)c1ccc([18F])cn1. The molecule has 1 aromatic rings. The molecule has 0 aliphatic carbocycles. The topological polar surface area (TPSA) is 45.2 Å². The minimum Gasteiger partial charge on any atom is -0.351 e. The van der Waals surface area contributed by atoms with E-state index in [2.05, 4.69) is 15.2 Å². The quantitative estimate of drug-likeness (QED) is 0.751. The highest BCUT2D eigenvalue weighted by Crippen LogP contribution is 1.99. The minimum atomic E-state index is -0.435. The molecule has 1 amide bonds. The molecular weight excluding hydrogens is 232 g/mol. The van der Waals surface area contributed by atoms with E-state index in [-0.39, 0.29) is 11.6 Å². The molecule has 0 unspecified atom stereocenters. The zero-order valence-electron chi connectivity index (χ0n) is 10.9. The van der Waals surface area contributed by atoms with Gasteiger partial charge in [0, 0.05) is 6.54 Å². The largest absolute Gasteiger partial charge is 0.351 e. The van der Waals surface area contributed by atoms with Crippen LogP contribution in [0.2, 0.25) is 0 Å². The number of rotatable bonds is 7. The first-order valence-electron chi connectivity index (χ1n) is 6.14. The van der Waals surface area contributed by atoms with E-state index in [1.807, 2.05) is 14.1 Å². The van der Waals surface area contributed by atoms with Gasteiger partial charge in [0.15, 0.2) is 0 Å². The van der Waals surface area contributed by atoms with Crippen molar-refractivity contribution >= 4 is 5.91 Å². The lowest BCUT2D eigenvalue weighted by Gasteiger charge is -2.09. The Labute approximate surface area is 107 Å². The highest BCUT2D eigenvalue weighted by Gasteiger charge is 2.05. The Bertz CT molecular complexity index is 365. The molecule has 0 spiro atoms. The lowest BCUT2D eigenvalue weighted by Crippen LogP contribution is -2.25. The Hall–Kier alpha value is -1.49. The molecule has 18 heavy (non-hydrogen) atoms. The molecule has 0 atom stereocenters. The molecule has 0 fully saturated rings. The fourth-order valence-electron chi connectivity index (χ4n) is 1.53. The molecule has 0 saturated heterocycles. The van der Waals surface area contributed by atoms with Crippen LogP contribution in [0.25, 0.3) is 0 Å². The smallest absolute Gasteiger partial charge is 0.269 e. The van der Waals surface area contributed by atoms with Gasteiger partial charge in [-0.25, -0.2) is 9.37 Å². The molecule has 0 saturated carbocycles. The van der Waals surface area contributed by atoms with Crippen molar-refractivity contribution in [1.29, 1.82) is 0 Å².